The van der Waals surface area contributed by atoms with Crippen molar-refractivity contribution in [3.8, 4) is 11.5 Å². The highest BCUT2D eigenvalue weighted by Crippen LogP contribution is 2.35. The maximum absolute atomic E-state index is 12.9. The van der Waals surface area contributed by atoms with Crippen molar-refractivity contribution in [1.82, 2.24) is 4.90 Å². The van der Waals surface area contributed by atoms with Gasteiger partial charge in [0.05, 0.1) is 24.8 Å². The highest BCUT2D eigenvalue weighted by atomic mass is 32.2. The fourth-order valence-electron chi connectivity index (χ4n) is 2.96. The molecule has 1 aliphatic heterocycles. The lowest BCUT2D eigenvalue weighted by Crippen LogP contribution is -2.27. The zero-order valence-electron chi connectivity index (χ0n) is 16.4. The zero-order chi connectivity index (χ0) is 21.8. The van der Waals surface area contributed by atoms with E-state index in [1.165, 1.54) is 31.2 Å². The molecule has 1 aromatic heterocycles. The number of thioether (sulfide) groups is 1. The van der Waals surface area contributed by atoms with Crippen LogP contribution in [0.3, 0.4) is 0 Å². The summed E-state index contributed by atoms with van der Waals surface area (Å²) in [4.78, 5) is 27.1. The fraction of sp³-hybridized carbons (Fsp3) is 0.0870. The highest BCUT2D eigenvalue weighted by molar-refractivity contribution is 8.26. The SMILES string of the molecule is COc1cc(C=C2SC(=S)N(Cc3ccccc3)C2=O)ccc1OC(=O)c1ccco1. The minimum Gasteiger partial charge on any atom is -0.493 e. The van der Waals surface area contributed by atoms with Gasteiger partial charge in [-0.2, -0.15) is 0 Å². The molecule has 0 N–H and O–H groups in total. The number of furan rings is 1. The van der Waals surface area contributed by atoms with E-state index in [0.717, 1.165) is 11.1 Å². The van der Waals surface area contributed by atoms with E-state index >= 15 is 0 Å². The number of carbonyl (C=O) groups is 2. The van der Waals surface area contributed by atoms with Gasteiger partial charge in [-0.05, 0) is 41.5 Å². The van der Waals surface area contributed by atoms with Crippen LogP contribution in [0.25, 0.3) is 6.08 Å². The van der Waals surface area contributed by atoms with E-state index in [1.54, 1.807) is 35.2 Å². The molecule has 1 fully saturated rings. The lowest BCUT2D eigenvalue weighted by molar-refractivity contribution is -0.122. The van der Waals surface area contributed by atoms with Gasteiger partial charge in [-0.25, -0.2) is 4.79 Å². The number of esters is 1. The third-order valence-corrected chi connectivity index (χ3v) is 5.85. The predicted octanol–water partition coefficient (Wildman–Crippen LogP) is 4.91. The second-order valence-corrected chi connectivity index (χ2v) is 8.21. The summed E-state index contributed by atoms with van der Waals surface area (Å²) in [6.45, 7) is 0.424. The number of nitrogens with zero attached hydrogens (tertiary/aromatic N) is 1. The fourth-order valence-corrected chi connectivity index (χ4v) is 4.21. The van der Waals surface area contributed by atoms with E-state index in [-0.39, 0.29) is 17.4 Å². The Balaban J connectivity index is 1.52. The first-order valence-electron chi connectivity index (χ1n) is 9.28. The molecule has 0 unspecified atom stereocenters. The molecule has 0 aliphatic carbocycles. The standard InChI is InChI=1S/C23H17NO5S2/c1-27-19-12-16(9-10-17(19)29-22(26)18-8-5-11-28-18)13-20-21(25)24(23(30)31-20)14-15-6-3-2-4-7-15/h2-13H,14H2,1H3. The van der Waals surface area contributed by atoms with Crippen LogP contribution in [0, 0.1) is 0 Å². The van der Waals surface area contributed by atoms with Gasteiger partial charge in [0.2, 0.25) is 5.76 Å². The zero-order valence-corrected chi connectivity index (χ0v) is 18.1. The van der Waals surface area contributed by atoms with E-state index in [1.807, 2.05) is 30.3 Å². The average molecular weight is 452 g/mol. The van der Waals surface area contributed by atoms with Gasteiger partial charge in [0.1, 0.15) is 4.32 Å². The van der Waals surface area contributed by atoms with Gasteiger partial charge in [0.15, 0.2) is 11.5 Å². The van der Waals surface area contributed by atoms with E-state index in [9.17, 15) is 9.59 Å². The highest BCUT2D eigenvalue weighted by Gasteiger charge is 2.32. The summed E-state index contributed by atoms with van der Waals surface area (Å²) in [5.74, 6) is -0.0803. The molecule has 0 spiro atoms. The van der Waals surface area contributed by atoms with Crippen molar-refractivity contribution >= 4 is 46.3 Å². The van der Waals surface area contributed by atoms with Gasteiger partial charge in [-0.1, -0.05) is 60.4 Å². The van der Waals surface area contributed by atoms with Crippen LogP contribution in [0.2, 0.25) is 0 Å². The smallest absolute Gasteiger partial charge is 0.379 e. The molecule has 31 heavy (non-hydrogen) atoms. The Labute approximate surface area is 188 Å². The summed E-state index contributed by atoms with van der Waals surface area (Å²) in [5, 5.41) is 0. The second-order valence-electron chi connectivity index (χ2n) is 6.53. The molecule has 3 aromatic rings. The van der Waals surface area contributed by atoms with Gasteiger partial charge >= 0.3 is 5.97 Å². The molecule has 6 nitrogen and oxygen atoms in total. The van der Waals surface area contributed by atoms with E-state index in [4.69, 9.17) is 26.1 Å². The normalized spacial score (nSPS) is 14.9. The van der Waals surface area contributed by atoms with Crippen LogP contribution < -0.4 is 9.47 Å². The molecular formula is C23H17NO5S2. The summed E-state index contributed by atoms with van der Waals surface area (Å²) in [6, 6.07) is 17.8. The number of carbonyl (C=O) groups excluding carboxylic acids is 2. The Bertz CT molecular complexity index is 1160. The number of amides is 1. The van der Waals surface area contributed by atoms with E-state index in [0.29, 0.717) is 21.5 Å². The topological polar surface area (TPSA) is 69.0 Å². The van der Waals surface area contributed by atoms with Crippen LogP contribution in [0.1, 0.15) is 21.7 Å². The summed E-state index contributed by atoms with van der Waals surface area (Å²) in [6.07, 6.45) is 3.13. The summed E-state index contributed by atoms with van der Waals surface area (Å²) in [5.41, 5.74) is 1.72. The number of hydrogen-bond donors (Lipinski definition) is 0. The first kappa shape index (κ1) is 20.9. The molecule has 1 aliphatic rings. The Kier molecular flexibility index (Phi) is 6.20. The van der Waals surface area contributed by atoms with Gasteiger partial charge in [0, 0.05) is 0 Å². The van der Waals surface area contributed by atoms with E-state index < -0.39 is 5.97 Å². The first-order valence-corrected chi connectivity index (χ1v) is 10.5. The molecule has 1 saturated heterocycles. The molecule has 0 atom stereocenters. The Morgan fingerprint density at radius 2 is 1.94 bits per heavy atom. The molecule has 1 amide bonds. The lowest BCUT2D eigenvalue weighted by Gasteiger charge is -2.14. The predicted molar refractivity (Wildman–Crippen MR) is 122 cm³/mol. The van der Waals surface area contributed by atoms with Crippen LogP contribution in [-0.4, -0.2) is 28.2 Å². The maximum atomic E-state index is 12.9. The van der Waals surface area contributed by atoms with Crippen LogP contribution in [0.5, 0.6) is 11.5 Å². The Morgan fingerprint density at radius 3 is 2.65 bits per heavy atom. The minimum absolute atomic E-state index is 0.0909. The van der Waals surface area contributed by atoms with Crippen LogP contribution in [0.15, 0.2) is 76.2 Å². The molecule has 156 valence electrons. The quantitative estimate of drug-likeness (QED) is 0.228. The average Bonchev–Trinajstić information content (AvgIpc) is 3.41. The van der Waals surface area contributed by atoms with Gasteiger partial charge in [-0.3, -0.25) is 9.69 Å². The van der Waals surface area contributed by atoms with Crippen molar-refractivity contribution in [2.75, 3.05) is 7.11 Å². The minimum atomic E-state index is -0.627. The largest absolute Gasteiger partial charge is 0.493 e. The van der Waals surface area contributed by atoms with Crippen molar-refractivity contribution < 1.29 is 23.5 Å². The molecule has 4 rings (SSSR count). The number of ether oxygens (including phenoxy) is 2. The van der Waals surface area contributed by atoms with Crippen molar-refractivity contribution in [1.29, 1.82) is 0 Å². The third kappa shape index (κ3) is 4.70. The van der Waals surface area contributed by atoms with Gasteiger partial charge in [0.25, 0.3) is 5.91 Å². The monoisotopic (exact) mass is 451 g/mol. The summed E-state index contributed by atoms with van der Waals surface area (Å²) in [7, 11) is 1.47. The molecule has 2 aromatic carbocycles. The lowest BCUT2D eigenvalue weighted by atomic mass is 10.1. The Hall–Kier alpha value is -3.36. The number of methoxy groups -OCH3 is 1. The summed E-state index contributed by atoms with van der Waals surface area (Å²) < 4.78 is 16.3. The van der Waals surface area contributed by atoms with Crippen LogP contribution >= 0.6 is 24.0 Å². The number of rotatable bonds is 6. The molecular weight excluding hydrogens is 434 g/mol. The van der Waals surface area contributed by atoms with Crippen molar-refractivity contribution in [2.24, 2.45) is 0 Å². The molecule has 0 bridgehead atoms. The molecule has 8 heteroatoms. The second kappa shape index (κ2) is 9.20. The maximum Gasteiger partial charge on any atom is 0.379 e. The van der Waals surface area contributed by atoms with Crippen LogP contribution in [0.4, 0.5) is 0 Å². The molecule has 0 saturated carbocycles. The van der Waals surface area contributed by atoms with Crippen LogP contribution in [-0.2, 0) is 11.3 Å². The Morgan fingerprint density at radius 1 is 1.13 bits per heavy atom. The van der Waals surface area contributed by atoms with Crippen molar-refractivity contribution in [2.45, 2.75) is 6.54 Å². The molecule has 2 heterocycles. The number of benzene rings is 2. The van der Waals surface area contributed by atoms with E-state index in [2.05, 4.69) is 0 Å². The van der Waals surface area contributed by atoms with Crippen molar-refractivity contribution in [3.63, 3.8) is 0 Å². The number of thiocarbonyl (C=S) groups is 1. The molecule has 0 radical (unpaired) electrons. The van der Waals surface area contributed by atoms with Gasteiger partial charge in [-0.15, -0.1) is 0 Å². The van der Waals surface area contributed by atoms with Crippen molar-refractivity contribution in [3.05, 3.63) is 88.7 Å². The third-order valence-electron chi connectivity index (χ3n) is 4.47. The summed E-state index contributed by atoms with van der Waals surface area (Å²) >= 11 is 6.65. The first-order chi connectivity index (χ1) is 15.0. The number of hydrogen-bond acceptors (Lipinski definition) is 7. The van der Waals surface area contributed by atoms with Gasteiger partial charge < -0.3 is 13.9 Å².